The van der Waals surface area contributed by atoms with Crippen LogP contribution >= 0.6 is 0 Å². The molecule has 0 aliphatic heterocycles. The highest BCUT2D eigenvalue weighted by atomic mass is 16.3. The quantitative estimate of drug-likeness (QED) is 0.527. The van der Waals surface area contributed by atoms with Gasteiger partial charge in [-0.3, -0.25) is 4.79 Å². The molecule has 4 nitrogen and oxygen atoms in total. The number of nitrogens with one attached hydrogen (secondary N) is 1. The first kappa shape index (κ1) is 19.8. The zero-order chi connectivity index (χ0) is 21.1. The predicted octanol–water partition coefficient (Wildman–Crippen LogP) is 5.99. The van der Waals surface area contributed by atoms with Crippen molar-refractivity contribution < 1.29 is 7.27 Å². The van der Waals surface area contributed by atoms with E-state index in [1.165, 1.54) is 11.3 Å². The molecule has 0 saturated carbocycles. The van der Waals surface area contributed by atoms with Gasteiger partial charge in [-0.2, -0.15) is 0 Å². The van der Waals surface area contributed by atoms with Crippen molar-refractivity contribution in [2.24, 2.45) is 0 Å². The molecule has 0 bridgehead atoms. The van der Waals surface area contributed by atoms with Crippen molar-refractivity contribution in [1.82, 2.24) is 0 Å². The maximum Gasteiger partial charge on any atom is 0.193 e. The summed E-state index contributed by atoms with van der Waals surface area (Å²) < 4.78 is 6.00. The molecule has 1 aliphatic carbocycles. The fraction of sp³-hybridized carbons (Fsp3) is 0.192. The van der Waals surface area contributed by atoms with Crippen molar-refractivity contribution in [3.05, 3.63) is 100 Å². The van der Waals surface area contributed by atoms with E-state index in [9.17, 15) is 4.79 Å². The van der Waals surface area contributed by atoms with Gasteiger partial charge in [-0.05, 0) is 41.0 Å². The fourth-order valence-electron chi connectivity index (χ4n) is 3.47. The van der Waals surface area contributed by atoms with Gasteiger partial charge in [-0.1, -0.05) is 49.4 Å². The van der Waals surface area contributed by atoms with Gasteiger partial charge in [0.25, 0.3) is 0 Å². The number of allylic oxidation sites excluding steroid dienone is 4. The van der Waals surface area contributed by atoms with E-state index >= 15 is 0 Å². The van der Waals surface area contributed by atoms with E-state index in [2.05, 4.69) is 58.7 Å². The van der Waals surface area contributed by atoms with Crippen LogP contribution in [0, 0.1) is 0 Å². The Hall–Kier alpha value is -3.53. The van der Waals surface area contributed by atoms with Crippen LogP contribution in [0.25, 0.3) is 16.7 Å². The van der Waals surface area contributed by atoms with Gasteiger partial charge in [0.1, 0.15) is 11.5 Å². The number of hydrogen-bond donors (Lipinski definition) is 1. The van der Waals surface area contributed by atoms with Crippen molar-refractivity contribution in [2.75, 3.05) is 24.3 Å². The second-order valence-electron chi connectivity index (χ2n) is 7.58. The largest absolute Gasteiger partial charge is 0.463 e. The minimum absolute atomic E-state index is 0. The van der Waals surface area contributed by atoms with Crippen LogP contribution in [0.3, 0.4) is 0 Å². The summed E-state index contributed by atoms with van der Waals surface area (Å²) in [5.41, 5.74) is 6.11. The molecule has 0 amide bonds. The normalized spacial score (nSPS) is 12.3. The van der Waals surface area contributed by atoms with Crippen LogP contribution in [-0.2, 0) is 13.0 Å². The molecule has 0 saturated heterocycles. The van der Waals surface area contributed by atoms with Crippen LogP contribution in [0.1, 0.15) is 26.9 Å². The first-order chi connectivity index (χ1) is 14.5. The van der Waals surface area contributed by atoms with Crippen molar-refractivity contribution in [1.29, 1.82) is 0 Å². The van der Waals surface area contributed by atoms with Crippen LogP contribution in [0.5, 0.6) is 0 Å². The molecule has 30 heavy (non-hydrogen) atoms. The molecule has 2 aromatic carbocycles. The first-order valence-electron chi connectivity index (χ1n) is 10.2. The molecular weight excluding hydrogens is 372 g/mol. The van der Waals surface area contributed by atoms with Gasteiger partial charge in [0, 0.05) is 40.8 Å². The van der Waals surface area contributed by atoms with E-state index in [-0.39, 0.29) is 8.28 Å². The van der Waals surface area contributed by atoms with E-state index in [0.29, 0.717) is 30.0 Å². The fourth-order valence-corrected chi connectivity index (χ4v) is 3.47. The zero-order valence-electron chi connectivity index (χ0n) is 17.6. The van der Waals surface area contributed by atoms with E-state index in [1.807, 2.05) is 39.2 Å². The Morgan fingerprint density at radius 2 is 1.63 bits per heavy atom. The maximum absolute atomic E-state index is 12.6. The topological polar surface area (TPSA) is 45.5 Å². The molecular formula is C26H30N2O2. The van der Waals surface area contributed by atoms with E-state index in [1.54, 1.807) is 6.07 Å². The SMILES string of the molecule is CCc1cc(=O)c(C2=CC=C2)c(CNc2ccc(-c3ccc(N(C)C)cc3)cc2)o1.[HH].[HH]. The average molecular weight is 403 g/mol. The molecule has 0 unspecified atom stereocenters. The Morgan fingerprint density at radius 3 is 2.17 bits per heavy atom. The van der Waals surface area contributed by atoms with Crippen molar-refractivity contribution in [3.63, 3.8) is 0 Å². The summed E-state index contributed by atoms with van der Waals surface area (Å²) in [5, 5.41) is 3.40. The number of hydrogen-bond acceptors (Lipinski definition) is 4. The smallest absolute Gasteiger partial charge is 0.193 e. The lowest BCUT2D eigenvalue weighted by Gasteiger charge is -2.15. The van der Waals surface area contributed by atoms with E-state index < -0.39 is 0 Å². The highest BCUT2D eigenvalue weighted by Crippen LogP contribution is 2.26. The minimum atomic E-state index is 0. The molecule has 4 rings (SSSR count). The monoisotopic (exact) mass is 402 g/mol. The van der Waals surface area contributed by atoms with Crippen molar-refractivity contribution >= 4 is 16.9 Å². The summed E-state index contributed by atoms with van der Waals surface area (Å²) in [5.74, 6) is 1.39. The van der Waals surface area contributed by atoms with Crippen LogP contribution in [0.2, 0.25) is 0 Å². The zero-order valence-corrected chi connectivity index (χ0v) is 17.6. The molecule has 4 heteroatoms. The number of aryl methyl sites for hydroxylation is 1. The molecule has 1 heterocycles. The van der Waals surface area contributed by atoms with E-state index in [4.69, 9.17) is 4.42 Å². The van der Waals surface area contributed by atoms with Crippen molar-refractivity contribution in [3.8, 4) is 11.1 Å². The van der Waals surface area contributed by atoms with Crippen LogP contribution in [-0.4, -0.2) is 14.1 Å². The maximum atomic E-state index is 12.6. The van der Waals surface area contributed by atoms with E-state index in [0.717, 1.165) is 16.8 Å². The Morgan fingerprint density at radius 1 is 1.00 bits per heavy atom. The summed E-state index contributed by atoms with van der Waals surface area (Å²) in [4.78, 5) is 14.7. The average Bonchev–Trinajstić information content (AvgIpc) is 2.73. The van der Waals surface area contributed by atoms with Crippen LogP contribution < -0.4 is 15.6 Å². The minimum Gasteiger partial charge on any atom is -0.463 e. The summed E-state index contributed by atoms with van der Waals surface area (Å²) in [7, 11) is 4.08. The Balaban J connectivity index is 0.00000181. The third kappa shape index (κ3) is 4.08. The molecule has 0 radical (unpaired) electrons. The van der Waals surface area contributed by atoms with Crippen LogP contribution in [0.4, 0.5) is 11.4 Å². The second kappa shape index (κ2) is 8.46. The van der Waals surface area contributed by atoms with Gasteiger partial charge in [0.05, 0.1) is 12.1 Å². The highest BCUT2D eigenvalue weighted by molar-refractivity contribution is 5.81. The number of anilines is 2. The van der Waals surface area contributed by atoms with Crippen LogP contribution in [0.15, 0.2) is 82.0 Å². The van der Waals surface area contributed by atoms with Gasteiger partial charge < -0.3 is 14.6 Å². The first-order valence-corrected chi connectivity index (χ1v) is 10.2. The van der Waals surface area contributed by atoms with Gasteiger partial charge in [-0.15, -0.1) is 0 Å². The summed E-state index contributed by atoms with van der Waals surface area (Å²) in [6.45, 7) is 2.45. The molecule has 1 aromatic heterocycles. The summed E-state index contributed by atoms with van der Waals surface area (Å²) in [6, 6.07) is 18.4. The lowest BCUT2D eigenvalue weighted by molar-refractivity contribution is 0.454. The van der Waals surface area contributed by atoms with Crippen molar-refractivity contribution in [2.45, 2.75) is 19.9 Å². The van der Waals surface area contributed by atoms with Gasteiger partial charge >= 0.3 is 0 Å². The lowest BCUT2D eigenvalue weighted by Crippen LogP contribution is -2.15. The van der Waals surface area contributed by atoms with Gasteiger partial charge in [0.2, 0.25) is 0 Å². The lowest BCUT2D eigenvalue weighted by atomic mass is 9.97. The third-order valence-corrected chi connectivity index (χ3v) is 5.32. The third-order valence-electron chi connectivity index (χ3n) is 5.32. The molecule has 3 aromatic rings. The molecule has 0 fully saturated rings. The Bertz CT molecular complexity index is 1160. The molecule has 1 aliphatic rings. The van der Waals surface area contributed by atoms with Gasteiger partial charge in [0.15, 0.2) is 5.43 Å². The summed E-state index contributed by atoms with van der Waals surface area (Å²) >= 11 is 0. The number of rotatable bonds is 7. The molecule has 156 valence electrons. The standard InChI is InChI=1S/C26H26N2O2.2H2/c1-4-23-16-24(29)26(20-6-5-7-20)25(30-23)17-27-21-12-8-18(9-13-21)19-10-14-22(15-11-19)28(2)3;;/h5-16,27H,4,17H2,1-3H3;2*1H. The van der Waals surface area contributed by atoms with Gasteiger partial charge in [-0.25, -0.2) is 0 Å². The summed E-state index contributed by atoms with van der Waals surface area (Å²) in [6.07, 6.45) is 6.51. The highest BCUT2D eigenvalue weighted by Gasteiger charge is 2.16. The molecule has 0 atom stereocenters. The Labute approximate surface area is 180 Å². The predicted molar refractivity (Wildman–Crippen MR) is 129 cm³/mol. The molecule has 1 N–H and O–H groups in total. The number of benzene rings is 2. The molecule has 0 spiro atoms. The second-order valence-corrected chi connectivity index (χ2v) is 7.58. The Kier molecular flexibility index (Phi) is 5.57. The number of nitrogens with zero attached hydrogens (tertiary/aromatic N) is 1.